The van der Waals surface area contributed by atoms with E-state index in [4.69, 9.17) is 5.53 Å². The molecular weight excluding hydrogens is 243 g/mol. The Labute approximate surface area is 103 Å². The van der Waals surface area contributed by atoms with Gasteiger partial charge in [-0.05, 0) is 23.8 Å². The lowest BCUT2D eigenvalue weighted by Gasteiger charge is -2.21. The minimum atomic E-state index is -0.939. The van der Waals surface area contributed by atoms with Crippen LogP contribution in [0, 0.1) is 23.4 Å². The van der Waals surface area contributed by atoms with Gasteiger partial charge in [-0.2, -0.15) is 0 Å². The fourth-order valence-corrected chi connectivity index (χ4v) is 1.96. The molecule has 0 aliphatic rings. The molecule has 0 unspecified atom stereocenters. The molecule has 1 atom stereocenters. The fraction of sp³-hybridized carbons (Fsp3) is 0.500. The zero-order chi connectivity index (χ0) is 13.7. The maximum absolute atomic E-state index is 13.6. The van der Waals surface area contributed by atoms with Crippen LogP contribution in [0.25, 0.3) is 10.4 Å². The van der Waals surface area contributed by atoms with Crippen molar-refractivity contribution in [2.45, 2.75) is 26.2 Å². The van der Waals surface area contributed by atoms with Crippen LogP contribution in [-0.2, 0) is 0 Å². The first-order valence-corrected chi connectivity index (χ1v) is 5.62. The number of azide groups is 1. The van der Waals surface area contributed by atoms with Gasteiger partial charge in [0, 0.05) is 29.2 Å². The second-order valence-corrected chi connectivity index (χ2v) is 4.38. The highest BCUT2D eigenvalue weighted by Gasteiger charge is 2.23. The highest BCUT2D eigenvalue weighted by atomic mass is 19.1. The molecule has 0 spiro atoms. The monoisotopic (exact) mass is 257 g/mol. The summed E-state index contributed by atoms with van der Waals surface area (Å²) >= 11 is 0. The van der Waals surface area contributed by atoms with E-state index in [-0.39, 0.29) is 18.0 Å². The van der Waals surface area contributed by atoms with Crippen molar-refractivity contribution in [2.75, 3.05) is 6.54 Å². The first-order chi connectivity index (χ1) is 8.47. The van der Waals surface area contributed by atoms with Crippen molar-refractivity contribution < 1.29 is 13.2 Å². The summed E-state index contributed by atoms with van der Waals surface area (Å²) in [5.74, 6) is -3.23. The molecule has 0 amide bonds. The number of halogens is 3. The number of nitrogens with zero attached hydrogens (tertiary/aromatic N) is 3. The summed E-state index contributed by atoms with van der Waals surface area (Å²) in [6.07, 6.45) is 0.321. The van der Waals surface area contributed by atoms with Crippen LogP contribution < -0.4 is 0 Å². The first-order valence-electron chi connectivity index (χ1n) is 5.62. The molecule has 0 saturated heterocycles. The van der Waals surface area contributed by atoms with Gasteiger partial charge in [0.25, 0.3) is 0 Å². The van der Waals surface area contributed by atoms with Gasteiger partial charge in [-0.25, -0.2) is 13.2 Å². The van der Waals surface area contributed by atoms with Crippen molar-refractivity contribution >= 4 is 0 Å². The van der Waals surface area contributed by atoms with Crippen LogP contribution in [-0.4, -0.2) is 6.54 Å². The fourth-order valence-electron chi connectivity index (χ4n) is 1.96. The topological polar surface area (TPSA) is 48.8 Å². The second-order valence-electron chi connectivity index (χ2n) is 4.38. The van der Waals surface area contributed by atoms with Gasteiger partial charge in [-0.15, -0.1) is 0 Å². The predicted octanol–water partition coefficient (Wildman–Crippen LogP) is 4.54. The van der Waals surface area contributed by atoms with Crippen molar-refractivity contribution in [3.05, 3.63) is 45.6 Å². The quantitative estimate of drug-likeness (QED) is 0.422. The maximum Gasteiger partial charge on any atom is 0.132 e. The summed E-state index contributed by atoms with van der Waals surface area (Å²) in [6.45, 7) is 3.77. The smallest absolute Gasteiger partial charge is 0.132 e. The second kappa shape index (κ2) is 6.31. The molecule has 0 fully saturated rings. The zero-order valence-electron chi connectivity index (χ0n) is 10.2. The lowest BCUT2D eigenvalue weighted by molar-refractivity contribution is 0.422. The van der Waals surface area contributed by atoms with E-state index in [1.54, 1.807) is 0 Å². The lowest BCUT2D eigenvalue weighted by atomic mass is 9.85. The molecule has 0 aromatic heterocycles. The zero-order valence-corrected chi connectivity index (χ0v) is 10.2. The summed E-state index contributed by atoms with van der Waals surface area (Å²) in [6, 6.07) is 1.34. The van der Waals surface area contributed by atoms with Crippen LogP contribution in [0.1, 0.15) is 31.7 Å². The number of rotatable bonds is 5. The molecule has 0 aliphatic carbocycles. The molecule has 3 nitrogen and oxygen atoms in total. The average Bonchev–Trinajstić information content (AvgIpc) is 2.25. The molecule has 0 bridgehead atoms. The minimum absolute atomic E-state index is 0.0478. The molecule has 0 aliphatic heterocycles. The van der Waals surface area contributed by atoms with Crippen LogP contribution in [0.2, 0.25) is 0 Å². The van der Waals surface area contributed by atoms with Gasteiger partial charge in [0.2, 0.25) is 0 Å². The molecule has 18 heavy (non-hydrogen) atoms. The summed E-state index contributed by atoms with van der Waals surface area (Å²) in [4.78, 5) is 2.60. The predicted molar refractivity (Wildman–Crippen MR) is 62.5 cm³/mol. The first kappa shape index (κ1) is 14.4. The molecule has 0 heterocycles. The van der Waals surface area contributed by atoms with E-state index in [1.807, 2.05) is 13.8 Å². The van der Waals surface area contributed by atoms with Crippen LogP contribution >= 0.6 is 0 Å². The normalized spacial score (nSPS) is 12.3. The van der Waals surface area contributed by atoms with Gasteiger partial charge in [0.15, 0.2) is 0 Å². The summed E-state index contributed by atoms with van der Waals surface area (Å²) in [7, 11) is 0. The van der Waals surface area contributed by atoms with E-state index in [2.05, 4.69) is 10.0 Å². The number of hydrogen-bond acceptors (Lipinski definition) is 1. The van der Waals surface area contributed by atoms with E-state index >= 15 is 0 Å². The van der Waals surface area contributed by atoms with Crippen molar-refractivity contribution in [3.8, 4) is 0 Å². The molecule has 1 rings (SSSR count). The van der Waals surface area contributed by atoms with Crippen LogP contribution in [0.5, 0.6) is 0 Å². The van der Waals surface area contributed by atoms with Crippen molar-refractivity contribution in [2.24, 2.45) is 11.0 Å². The molecule has 98 valence electrons. The Balaban J connectivity index is 3.09. The molecule has 0 saturated carbocycles. The largest absolute Gasteiger partial charge is 0.207 e. The van der Waals surface area contributed by atoms with E-state index in [0.717, 1.165) is 0 Å². The maximum atomic E-state index is 13.6. The molecule has 0 radical (unpaired) electrons. The Hall–Kier alpha value is -1.68. The van der Waals surface area contributed by atoms with Crippen molar-refractivity contribution in [3.63, 3.8) is 0 Å². The third-order valence-corrected chi connectivity index (χ3v) is 2.82. The SMILES string of the molecule is CC(C)[C@H](CCN=[N+]=[N-])c1c(F)cc(F)cc1F. The molecule has 1 aromatic carbocycles. The lowest BCUT2D eigenvalue weighted by Crippen LogP contribution is -2.13. The third-order valence-electron chi connectivity index (χ3n) is 2.82. The summed E-state index contributed by atoms with van der Waals surface area (Å²) in [5.41, 5.74) is 8.06. The Bertz CT molecular complexity index is 445. The number of benzene rings is 1. The van der Waals surface area contributed by atoms with Crippen molar-refractivity contribution in [1.82, 2.24) is 0 Å². The van der Waals surface area contributed by atoms with Crippen LogP contribution in [0.3, 0.4) is 0 Å². The van der Waals surface area contributed by atoms with E-state index in [0.29, 0.717) is 18.6 Å². The van der Waals surface area contributed by atoms with Gasteiger partial charge >= 0.3 is 0 Å². The van der Waals surface area contributed by atoms with E-state index in [9.17, 15) is 13.2 Å². The standard InChI is InChI=1S/C12H14F3N3/c1-7(2)9(3-4-17-18-16)12-10(14)5-8(13)6-11(12)15/h5-7,9H,3-4H2,1-2H3/t9-/m0/s1. The van der Waals surface area contributed by atoms with Gasteiger partial charge in [0.1, 0.15) is 17.5 Å². The Kier molecular flexibility index (Phi) is 5.04. The average molecular weight is 257 g/mol. The van der Waals surface area contributed by atoms with Gasteiger partial charge in [0.05, 0.1) is 0 Å². The summed E-state index contributed by atoms with van der Waals surface area (Å²) in [5, 5.41) is 3.36. The van der Waals surface area contributed by atoms with Gasteiger partial charge < -0.3 is 0 Å². The van der Waals surface area contributed by atoms with Crippen molar-refractivity contribution in [1.29, 1.82) is 0 Å². The third kappa shape index (κ3) is 3.40. The van der Waals surface area contributed by atoms with Crippen LogP contribution in [0.15, 0.2) is 17.2 Å². The van der Waals surface area contributed by atoms with E-state index < -0.39 is 23.4 Å². The van der Waals surface area contributed by atoms with Gasteiger partial charge in [-0.3, -0.25) is 0 Å². The minimum Gasteiger partial charge on any atom is -0.207 e. The van der Waals surface area contributed by atoms with E-state index in [1.165, 1.54) is 0 Å². The highest BCUT2D eigenvalue weighted by molar-refractivity contribution is 5.25. The Morgan fingerprint density at radius 1 is 1.22 bits per heavy atom. The molecule has 6 heteroatoms. The summed E-state index contributed by atoms with van der Waals surface area (Å²) < 4.78 is 40.1. The van der Waals surface area contributed by atoms with Crippen LogP contribution in [0.4, 0.5) is 13.2 Å². The molecular formula is C12H14F3N3. The van der Waals surface area contributed by atoms with Gasteiger partial charge in [-0.1, -0.05) is 19.0 Å². The Morgan fingerprint density at radius 2 is 1.78 bits per heavy atom. The molecule has 0 N–H and O–H groups in total. The number of hydrogen-bond donors (Lipinski definition) is 0. The molecule has 1 aromatic rings. The highest BCUT2D eigenvalue weighted by Crippen LogP contribution is 2.32. The Morgan fingerprint density at radius 3 is 2.22 bits per heavy atom.